The second kappa shape index (κ2) is 6.07. The molecule has 2 aliphatic heterocycles. The van der Waals surface area contributed by atoms with Crippen LogP contribution in [0.5, 0.6) is 0 Å². The monoisotopic (exact) mass is 298 g/mol. The lowest BCUT2D eigenvalue weighted by atomic mass is 9.95. The molecule has 2 rings (SSSR count). The van der Waals surface area contributed by atoms with Gasteiger partial charge in [-0.2, -0.15) is 0 Å². The number of rotatable bonds is 4. The van der Waals surface area contributed by atoms with Crippen LogP contribution in [0.1, 0.15) is 40.5 Å². The van der Waals surface area contributed by atoms with Gasteiger partial charge >= 0.3 is 5.97 Å². The number of hydrogen-bond acceptors (Lipinski definition) is 5. The van der Waals surface area contributed by atoms with Crippen LogP contribution in [0.4, 0.5) is 0 Å². The lowest BCUT2D eigenvalue weighted by Gasteiger charge is -2.23. The summed E-state index contributed by atoms with van der Waals surface area (Å²) in [6, 6.07) is 0. The Morgan fingerprint density at radius 2 is 2.05 bits per heavy atom. The highest BCUT2D eigenvalue weighted by Crippen LogP contribution is 2.40. The maximum absolute atomic E-state index is 11.4. The van der Waals surface area contributed by atoms with Crippen molar-refractivity contribution in [3.05, 3.63) is 12.2 Å². The van der Waals surface area contributed by atoms with Crippen LogP contribution in [-0.4, -0.2) is 43.3 Å². The molecule has 0 radical (unpaired) electrons. The number of carbonyl (C=O) groups excluding carboxylic acids is 1. The summed E-state index contributed by atoms with van der Waals surface area (Å²) >= 11 is 0. The molecule has 0 saturated carbocycles. The quantitative estimate of drug-likeness (QED) is 0.589. The van der Waals surface area contributed by atoms with Gasteiger partial charge < -0.3 is 18.9 Å². The molecule has 2 aliphatic rings. The van der Waals surface area contributed by atoms with Crippen molar-refractivity contribution in [2.45, 2.75) is 70.7 Å². The predicted octanol–water partition coefficient (Wildman–Crippen LogP) is 2.44. The molecule has 120 valence electrons. The minimum absolute atomic E-state index is 0.0851. The number of hydrogen-bond donors (Lipinski definition) is 0. The third-order valence-corrected chi connectivity index (χ3v) is 4.17. The van der Waals surface area contributed by atoms with Crippen molar-refractivity contribution in [3.8, 4) is 0 Å². The molecule has 0 aliphatic carbocycles. The van der Waals surface area contributed by atoms with Crippen molar-refractivity contribution in [2.24, 2.45) is 5.92 Å². The number of ether oxygens (including phenoxy) is 4. The molecule has 0 spiro atoms. The first-order chi connectivity index (χ1) is 9.73. The maximum atomic E-state index is 11.4. The van der Waals surface area contributed by atoms with E-state index >= 15 is 0 Å². The second-order valence-electron chi connectivity index (χ2n) is 6.57. The molecule has 2 saturated heterocycles. The van der Waals surface area contributed by atoms with Gasteiger partial charge in [0.1, 0.15) is 12.2 Å². The average molecular weight is 298 g/mol. The van der Waals surface area contributed by atoms with E-state index in [9.17, 15) is 4.79 Å². The number of esters is 1. The number of carbonyl (C=O) groups is 1. The van der Waals surface area contributed by atoms with E-state index in [4.69, 9.17) is 18.9 Å². The topological polar surface area (TPSA) is 54.0 Å². The summed E-state index contributed by atoms with van der Waals surface area (Å²) in [5, 5.41) is 0. The molecule has 5 heteroatoms. The fourth-order valence-electron chi connectivity index (χ4n) is 3.08. The van der Waals surface area contributed by atoms with Crippen LogP contribution < -0.4 is 0 Å². The first-order valence-corrected chi connectivity index (χ1v) is 7.47. The largest absolute Gasteiger partial charge is 0.469 e. The molecule has 2 heterocycles. The highest BCUT2D eigenvalue weighted by molar-refractivity contribution is 5.69. The van der Waals surface area contributed by atoms with Crippen molar-refractivity contribution in [1.82, 2.24) is 0 Å². The minimum Gasteiger partial charge on any atom is -0.469 e. The zero-order valence-electron chi connectivity index (χ0n) is 13.5. The van der Waals surface area contributed by atoms with Crippen LogP contribution in [0.3, 0.4) is 0 Å². The molecular weight excluding hydrogens is 272 g/mol. The third kappa shape index (κ3) is 3.65. The standard InChI is InChI=1S/C16H26O5/c1-9(2)14-15(21-16(4,5)20-14)12-7-10(3)11(19-12)8-13(17)18-6/h10-12,14-15H,1,7-8H2,2-6H3/t10-,11+,12-,14-,15+/m1/s1. The van der Waals surface area contributed by atoms with E-state index in [1.807, 2.05) is 20.8 Å². The van der Waals surface area contributed by atoms with Crippen LogP contribution in [0, 0.1) is 5.92 Å². The molecule has 0 aromatic rings. The summed E-state index contributed by atoms with van der Waals surface area (Å²) in [7, 11) is 1.40. The van der Waals surface area contributed by atoms with Crippen LogP contribution >= 0.6 is 0 Å². The highest BCUT2D eigenvalue weighted by atomic mass is 16.8. The molecular formula is C16H26O5. The van der Waals surface area contributed by atoms with Crippen molar-refractivity contribution >= 4 is 5.97 Å². The summed E-state index contributed by atoms with van der Waals surface area (Å²) in [4.78, 5) is 11.4. The Labute approximate surface area is 126 Å². The molecule has 0 aromatic carbocycles. The van der Waals surface area contributed by atoms with Crippen LogP contribution in [0.15, 0.2) is 12.2 Å². The van der Waals surface area contributed by atoms with Gasteiger partial charge in [-0.05, 0) is 38.7 Å². The van der Waals surface area contributed by atoms with Gasteiger partial charge in [0.15, 0.2) is 5.79 Å². The summed E-state index contributed by atoms with van der Waals surface area (Å²) < 4.78 is 22.7. The predicted molar refractivity (Wildman–Crippen MR) is 77.7 cm³/mol. The lowest BCUT2D eigenvalue weighted by Crippen LogP contribution is -2.36. The Hall–Kier alpha value is -0.910. The summed E-state index contributed by atoms with van der Waals surface area (Å²) in [6.45, 7) is 11.8. The van der Waals surface area contributed by atoms with Crippen molar-refractivity contribution in [1.29, 1.82) is 0 Å². The fraction of sp³-hybridized carbons (Fsp3) is 0.812. The van der Waals surface area contributed by atoms with E-state index in [1.54, 1.807) is 0 Å². The fourth-order valence-corrected chi connectivity index (χ4v) is 3.08. The van der Waals surface area contributed by atoms with Gasteiger partial charge in [-0.25, -0.2) is 0 Å². The van der Waals surface area contributed by atoms with Crippen molar-refractivity contribution < 1.29 is 23.7 Å². The number of methoxy groups -OCH3 is 1. The molecule has 0 N–H and O–H groups in total. The van der Waals surface area contributed by atoms with Gasteiger partial charge in [-0.1, -0.05) is 13.5 Å². The SMILES string of the molecule is C=C(C)[C@H]1OC(C)(C)O[C@H]1[C@H]1C[C@@H](C)[C@H](CC(=O)OC)O1. The van der Waals surface area contributed by atoms with E-state index in [-0.39, 0.29) is 42.7 Å². The van der Waals surface area contributed by atoms with Gasteiger partial charge in [0.25, 0.3) is 0 Å². The van der Waals surface area contributed by atoms with Crippen LogP contribution in [-0.2, 0) is 23.7 Å². The first kappa shape index (κ1) is 16.5. The molecule has 0 unspecified atom stereocenters. The third-order valence-electron chi connectivity index (χ3n) is 4.17. The summed E-state index contributed by atoms with van der Waals surface area (Å²) in [5.74, 6) is -0.596. The highest BCUT2D eigenvalue weighted by Gasteiger charge is 2.49. The van der Waals surface area contributed by atoms with E-state index in [2.05, 4.69) is 13.5 Å². The molecule has 2 fully saturated rings. The van der Waals surface area contributed by atoms with Crippen molar-refractivity contribution in [2.75, 3.05) is 7.11 Å². The van der Waals surface area contributed by atoms with Gasteiger partial charge in [-0.3, -0.25) is 4.79 Å². The smallest absolute Gasteiger partial charge is 0.308 e. The normalized spacial score (nSPS) is 38.4. The second-order valence-corrected chi connectivity index (χ2v) is 6.57. The zero-order chi connectivity index (χ0) is 15.8. The summed E-state index contributed by atoms with van der Waals surface area (Å²) in [5.41, 5.74) is 0.929. The minimum atomic E-state index is -0.638. The molecule has 0 amide bonds. The molecule has 5 nitrogen and oxygen atoms in total. The molecule has 0 aromatic heterocycles. The van der Waals surface area contributed by atoms with E-state index in [1.165, 1.54) is 7.11 Å². The molecule has 5 atom stereocenters. The summed E-state index contributed by atoms with van der Waals surface area (Å²) in [6.07, 6.45) is 0.564. The zero-order valence-corrected chi connectivity index (χ0v) is 13.5. The van der Waals surface area contributed by atoms with Gasteiger partial charge in [0.2, 0.25) is 0 Å². The van der Waals surface area contributed by atoms with Gasteiger partial charge in [-0.15, -0.1) is 0 Å². The van der Waals surface area contributed by atoms with Gasteiger partial charge in [0.05, 0.1) is 25.7 Å². The Balaban J connectivity index is 2.05. The van der Waals surface area contributed by atoms with E-state index < -0.39 is 5.79 Å². The Morgan fingerprint density at radius 1 is 1.38 bits per heavy atom. The molecule has 0 bridgehead atoms. The van der Waals surface area contributed by atoms with E-state index in [0.717, 1.165) is 12.0 Å². The lowest BCUT2D eigenvalue weighted by molar-refractivity contribution is -0.159. The Bertz CT molecular complexity index is 417. The Kier molecular flexibility index (Phi) is 4.76. The van der Waals surface area contributed by atoms with Crippen molar-refractivity contribution in [3.63, 3.8) is 0 Å². The first-order valence-electron chi connectivity index (χ1n) is 7.47. The van der Waals surface area contributed by atoms with E-state index in [0.29, 0.717) is 0 Å². The van der Waals surface area contributed by atoms with Gasteiger partial charge in [0, 0.05) is 0 Å². The van der Waals surface area contributed by atoms with Crippen LogP contribution in [0.2, 0.25) is 0 Å². The Morgan fingerprint density at radius 3 is 2.62 bits per heavy atom. The molecule has 21 heavy (non-hydrogen) atoms. The van der Waals surface area contributed by atoms with Crippen LogP contribution in [0.25, 0.3) is 0 Å². The average Bonchev–Trinajstić information content (AvgIpc) is 2.90. The maximum Gasteiger partial charge on any atom is 0.308 e.